The first-order chi connectivity index (χ1) is 11.8. The number of aryl methyl sites for hydroxylation is 1. The van der Waals surface area contributed by atoms with Gasteiger partial charge in [0.1, 0.15) is 5.75 Å². The molecule has 2 aromatic carbocycles. The van der Waals surface area contributed by atoms with Crippen LogP contribution in [0.5, 0.6) is 5.75 Å². The second-order valence-electron chi connectivity index (χ2n) is 5.27. The highest BCUT2D eigenvalue weighted by Gasteiger charge is 2.16. The molecule has 0 heterocycles. The number of halogens is 2. The summed E-state index contributed by atoms with van der Waals surface area (Å²) in [4.78, 5) is 12.1. The zero-order valence-corrected chi connectivity index (χ0v) is 15.9. The Bertz CT molecular complexity index is 769. The first kappa shape index (κ1) is 19.3. The molecule has 25 heavy (non-hydrogen) atoms. The lowest BCUT2D eigenvalue weighted by molar-refractivity contribution is -0.127. The first-order valence-electron chi connectivity index (χ1n) is 7.40. The van der Waals surface area contributed by atoms with Gasteiger partial charge >= 0.3 is 0 Å². The van der Waals surface area contributed by atoms with E-state index in [4.69, 9.17) is 40.2 Å². The summed E-state index contributed by atoms with van der Waals surface area (Å²) in [6.45, 7) is 3.53. The summed E-state index contributed by atoms with van der Waals surface area (Å²) in [6.07, 6.45) is -0.759. The number of carbonyl (C=O) groups is 1. The van der Waals surface area contributed by atoms with Gasteiger partial charge < -0.3 is 10.1 Å². The van der Waals surface area contributed by atoms with E-state index in [2.05, 4.69) is 16.2 Å². The zero-order valence-electron chi connectivity index (χ0n) is 13.6. The molecule has 2 aromatic rings. The van der Waals surface area contributed by atoms with Crippen LogP contribution in [0.4, 0.5) is 5.69 Å². The number of hydrogen-bond donors (Lipinski definition) is 3. The Labute approximate surface area is 161 Å². The molecule has 0 spiro atoms. The van der Waals surface area contributed by atoms with Crippen LogP contribution in [-0.4, -0.2) is 17.1 Å². The van der Waals surface area contributed by atoms with Crippen molar-refractivity contribution in [1.29, 1.82) is 0 Å². The Morgan fingerprint density at radius 2 is 1.80 bits per heavy atom. The molecule has 0 aliphatic heterocycles. The number of hydrazine groups is 1. The lowest BCUT2D eigenvalue weighted by Gasteiger charge is -2.17. The van der Waals surface area contributed by atoms with E-state index in [0.717, 1.165) is 11.3 Å². The summed E-state index contributed by atoms with van der Waals surface area (Å²) >= 11 is 17.0. The van der Waals surface area contributed by atoms with Gasteiger partial charge in [-0.15, -0.1) is 0 Å². The molecule has 0 aromatic heterocycles. The Morgan fingerprint density at radius 1 is 1.12 bits per heavy atom. The summed E-state index contributed by atoms with van der Waals surface area (Å²) in [5.41, 5.74) is 6.82. The third-order valence-electron chi connectivity index (χ3n) is 3.16. The maximum Gasteiger partial charge on any atom is 0.279 e. The van der Waals surface area contributed by atoms with Crippen molar-refractivity contribution < 1.29 is 9.53 Å². The van der Waals surface area contributed by atoms with Crippen LogP contribution >= 0.6 is 35.4 Å². The lowest BCUT2D eigenvalue weighted by atomic mass is 10.2. The first-order valence-corrected chi connectivity index (χ1v) is 8.57. The van der Waals surface area contributed by atoms with Crippen molar-refractivity contribution in [2.24, 2.45) is 0 Å². The standard InChI is InChI=1S/C17H17Cl2N3O2S/c1-10-3-8-14(19)15(9-10)24-11(2)16(23)21-22-17(25)20-13-6-4-12(18)5-7-13/h3-9,11H,1-2H3,(H,21,23)(H2,20,22,25)/t11-/m1/s1. The second kappa shape index (κ2) is 8.89. The van der Waals surface area contributed by atoms with Crippen molar-refractivity contribution in [3.63, 3.8) is 0 Å². The van der Waals surface area contributed by atoms with Gasteiger partial charge in [-0.1, -0.05) is 29.3 Å². The summed E-state index contributed by atoms with van der Waals surface area (Å²) in [5, 5.41) is 4.21. The molecule has 8 heteroatoms. The zero-order chi connectivity index (χ0) is 18.4. The molecule has 0 saturated heterocycles. The van der Waals surface area contributed by atoms with Gasteiger partial charge in [0.15, 0.2) is 11.2 Å². The minimum absolute atomic E-state index is 0.233. The molecule has 1 amide bonds. The topological polar surface area (TPSA) is 62.4 Å². The maximum atomic E-state index is 12.1. The number of amides is 1. The average molecular weight is 398 g/mol. The van der Waals surface area contributed by atoms with Crippen LogP contribution in [0.25, 0.3) is 0 Å². The monoisotopic (exact) mass is 397 g/mol. The van der Waals surface area contributed by atoms with Gasteiger partial charge in [-0.2, -0.15) is 0 Å². The largest absolute Gasteiger partial charge is 0.479 e. The Hall–Kier alpha value is -2.02. The van der Waals surface area contributed by atoms with E-state index in [1.807, 2.05) is 13.0 Å². The second-order valence-corrected chi connectivity index (χ2v) is 6.52. The van der Waals surface area contributed by atoms with Gasteiger partial charge in [-0.25, -0.2) is 0 Å². The molecule has 0 fully saturated rings. The molecule has 0 saturated carbocycles. The van der Waals surface area contributed by atoms with Crippen LogP contribution in [0.2, 0.25) is 10.0 Å². The number of ether oxygens (including phenoxy) is 1. The molecule has 0 radical (unpaired) electrons. The van der Waals surface area contributed by atoms with Gasteiger partial charge in [0.2, 0.25) is 0 Å². The number of benzene rings is 2. The predicted octanol–water partition coefficient (Wildman–Crippen LogP) is 4.09. The van der Waals surface area contributed by atoms with Crippen molar-refractivity contribution >= 4 is 52.1 Å². The summed E-state index contributed by atoms with van der Waals surface area (Å²) in [7, 11) is 0. The molecule has 132 valence electrons. The number of hydrogen-bond acceptors (Lipinski definition) is 3. The van der Waals surface area contributed by atoms with Gasteiger partial charge in [-0.3, -0.25) is 15.6 Å². The Kier molecular flexibility index (Phi) is 6.87. The van der Waals surface area contributed by atoms with Gasteiger partial charge in [0.25, 0.3) is 5.91 Å². The van der Waals surface area contributed by atoms with Crippen molar-refractivity contribution in [3.8, 4) is 5.75 Å². The minimum Gasteiger partial charge on any atom is -0.479 e. The highest BCUT2D eigenvalue weighted by atomic mass is 35.5. The minimum atomic E-state index is -0.759. The maximum absolute atomic E-state index is 12.1. The number of nitrogens with one attached hydrogen (secondary N) is 3. The van der Waals surface area contributed by atoms with Crippen LogP contribution in [0.15, 0.2) is 42.5 Å². The van der Waals surface area contributed by atoms with Crippen LogP contribution in [0.1, 0.15) is 12.5 Å². The smallest absolute Gasteiger partial charge is 0.279 e. The van der Waals surface area contributed by atoms with E-state index in [1.165, 1.54) is 0 Å². The molecule has 2 rings (SSSR count). The van der Waals surface area contributed by atoms with Crippen LogP contribution in [0.3, 0.4) is 0 Å². The fourth-order valence-electron chi connectivity index (χ4n) is 1.86. The van der Waals surface area contributed by atoms with E-state index in [9.17, 15) is 4.79 Å². The molecular weight excluding hydrogens is 381 g/mol. The Morgan fingerprint density at radius 3 is 2.48 bits per heavy atom. The van der Waals surface area contributed by atoms with Crippen LogP contribution in [-0.2, 0) is 4.79 Å². The highest BCUT2D eigenvalue weighted by molar-refractivity contribution is 7.80. The summed E-state index contributed by atoms with van der Waals surface area (Å²) in [5.74, 6) is 0.0593. The molecule has 0 bridgehead atoms. The molecule has 0 aliphatic carbocycles. The van der Waals surface area contributed by atoms with Crippen LogP contribution in [0, 0.1) is 6.92 Å². The summed E-state index contributed by atoms with van der Waals surface area (Å²) in [6, 6.07) is 12.3. The van der Waals surface area contributed by atoms with E-state index >= 15 is 0 Å². The third kappa shape index (κ3) is 6.08. The molecule has 1 atom stereocenters. The average Bonchev–Trinajstić information content (AvgIpc) is 2.58. The third-order valence-corrected chi connectivity index (χ3v) is 3.93. The fourth-order valence-corrected chi connectivity index (χ4v) is 2.32. The molecule has 5 nitrogen and oxygen atoms in total. The lowest BCUT2D eigenvalue weighted by Crippen LogP contribution is -2.48. The molecule has 0 aliphatic rings. The van der Waals surface area contributed by atoms with Crippen molar-refractivity contribution in [1.82, 2.24) is 10.9 Å². The summed E-state index contributed by atoms with van der Waals surface area (Å²) < 4.78 is 5.59. The molecule has 0 unspecified atom stereocenters. The quantitative estimate of drug-likeness (QED) is 0.535. The van der Waals surface area contributed by atoms with Gasteiger partial charge in [0, 0.05) is 10.7 Å². The predicted molar refractivity (Wildman–Crippen MR) is 105 cm³/mol. The van der Waals surface area contributed by atoms with Crippen molar-refractivity contribution in [3.05, 3.63) is 58.1 Å². The normalized spacial score (nSPS) is 11.4. The number of thiocarbonyl (C=S) groups is 1. The highest BCUT2D eigenvalue weighted by Crippen LogP contribution is 2.26. The van der Waals surface area contributed by atoms with Crippen molar-refractivity contribution in [2.45, 2.75) is 20.0 Å². The number of rotatable bonds is 4. The van der Waals surface area contributed by atoms with Crippen molar-refractivity contribution in [2.75, 3.05) is 5.32 Å². The van der Waals surface area contributed by atoms with Gasteiger partial charge in [0.05, 0.1) is 5.02 Å². The number of carbonyl (C=O) groups excluding carboxylic acids is 1. The number of anilines is 1. The molecule has 3 N–H and O–H groups in total. The van der Waals surface area contributed by atoms with E-state index in [0.29, 0.717) is 15.8 Å². The van der Waals surface area contributed by atoms with E-state index in [1.54, 1.807) is 43.3 Å². The molecular formula is C17H17Cl2N3O2S. The van der Waals surface area contributed by atoms with E-state index < -0.39 is 12.0 Å². The van der Waals surface area contributed by atoms with Crippen LogP contribution < -0.4 is 20.9 Å². The Balaban J connectivity index is 1.83. The fraction of sp³-hybridized carbons (Fsp3) is 0.176. The SMILES string of the molecule is Cc1ccc(Cl)c(O[C@H](C)C(=O)NNC(=S)Nc2ccc(Cl)cc2)c1. The van der Waals surface area contributed by atoms with Gasteiger partial charge in [-0.05, 0) is 68.0 Å². The van der Waals surface area contributed by atoms with E-state index in [-0.39, 0.29) is 5.11 Å².